The first-order valence-electron chi connectivity index (χ1n) is 11.2. The second kappa shape index (κ2) is 9.39. The van der Waals surface area contributed by atoms with Crippen molar-refractivity contribution in [2.45, 2.75) is 0 Å². The molecule has 5 rings (SSSR count). The van der Waals surface area contributed by atoms with Crippen molar-refractivity contribution in [1.82, 2.24) is 9.88 Å². The monoisotopic (exact) mass is 456 g/mol. The Balaban J connectivity index is 1.36. The Morgan fingerprint density at radius 3 is 2.32 bits per heavy atom. The highest BCUT2D eigenvalue weighted by atomic mass is 19.1. The molecule has 1 fully saturated rings. The van der Waals surface area contributed by atoms with Gasteiger partial charge in [-0.05, 0) is 41.8 Å². The summed E-state index contributed by atoms with van der Waals surface area (Å²) in [5.41, 5.74) is 2.34. The number of halogens is 1. The first kappa shape index (κ1) is 21.7. The molecule has 0 spiro atoms. The summed E-state index contributed by atoms with van der Waals surface area (Å²) in [5.74, 6) is 1.13. The lowest BCUT2D eigenvalue weighted by atomic mass is 10.1. The zero-order valence-corrected chi connectivity index (χ0v) is 18.9. The highest BCUT2D eigenvalue weighted by Gasteiger charge is 2.25. The number of rotatable bonds is 5. The number of piperazine rings is 1. The van der Waals surface area contributed by atoms with Gasteiger partial charge >= 0.3 is 0 Å². The van der Waals surface area contributed by atoms with E-state index in [9.17, 15) is 9.18 Å². The number of hydrogen-bond acceptors (Lipinski definition) is 5. The fourth-order valence-corrected chi connectivity index (χ4v) is 4.34. The van der Waals surface area contributed by atoms with Crippen LogP contribution in [0.2, 0.25) is 0 Å². The molecule has 172 valence electrons. The van der Waals surface area contributed by atoms with E-state index in [-0.39, 0.29) is 11.7 Å². The average molecular weight is 457 g/mol. The van der Waals surface area contributed by atoms with Crippen molar-refractivity contribution in [2.24, 2.45) is 0 Å². The Kier molecular flexibility index (Phi) is 5.99. The highest BCUT2D eigenvalue weighted by molar-refractivity contribution is 6.09. The number of pyridine rings is 1. The Bertz CT molecular complexity index is 1320. The molecule has 2 heterocycles. The third kappa shape index (κ3) is 4.24. The Morgan fingerprint density at radius 1 is 0.912 bits per heavy atom. The minimum atomic E-state index is -0.296. The molecule has 0 saturated carbocycles. The Morgan fingerprint density at radius 2 is 1.59 bits per heavy atom. The van der Waals surface area contributed by atoms with Gasteiger partial charge in [-0.25, -0.2) is 9.37 Å². The molecule has 1 aromatic heterocycles. The molecule has 1 amide bonds. The van der Waals surface area contributed by atoms with Crippen molar-refractivity contribution >= 4 is 33.9 Å². The number of nitrogens with zero attached hydrogens (tertiary/aromatic N) is 3. The van der Waals surface area contributed by atoms with Crippen LogP contribution in [0.5, 0.6) is 5.75 Å². The first-order chi connectivity index (χ1) is 16.6. The molecule has 0 aliphatic carbocycles. The number of fused-ring (bicyclic) bond motifs is 1. The van der Waals surface area contributed by atoms with Gasteiger partial charge in [0, 0.05) is 43.4 Å². The van der Waals surface area contributed by atoms with Crippen LogP contribution >= 0.6 is 0 Å². The van der Waals surface area contributed by atoms with Crippen LogP contribution in [0.4, 0.5) is 21.6 Å². The molecule has 0 radical (unpaired) electrons. The molecule has 34 heavy (non-hydrogen) atoms. The summed E-state index contributed by atoms with van der Waals surface area (Å²) >= 11 is 0. The number of carbonyl (C=O) groups excluding carboxylic acids is 1. The molecule has 6 nitrogen and oxygen atoms in total. The summed E-state index contributed by atoms with van der Waals surface area (Å²) in [4.78, 5) is 22.1. The number of ether oxygens (including phenoxy) is 1. The van der Waals surface area contributed by atoms with Gasteiger partial charge in [-0.1, -0.05) is 36.4 Å². The molecule has 3 aromatic carbocycles. The lowest BCUT2D eigenvalue weighted by molar-refractivity contribution is 0.0748. The van der Waals surface area contributed by atoms with Crippen LogP contribution in [0, 0.1) is 5.82 Å². The van der Waals surface area contributed by atoms with Crippen LogP contribution in [0.1, 0.15) is 10.4 Å². The van der Waals surface area contributed by atoms with E-state index in [1.54, 1.807) is 25.4 Å². The van der Waals surface area contributed by atoms with Crippen molar-refractivity contribution in [3.63, 3.8) is 0 Å². The van der Waals surface area contributed by atoms with E-state index in [1.807, 2.05) is 53.4 Å². The van der Waals surface area contributed by atoms with E-state index in [2.05, 4.69) is 15.2 Å². The second-order valence-corrected chi connectivity index (χ2v) is 8.15. The van der Waals surface area contributed by atoms with E-state index in [0.29, 0.717) is 24.5 Å². The van der Waals surface area contributed by atoms with Crippen LogP contribution in [0.25, 0.3) is 10.8 Å². The third-order valence-electron chi connectivity index (χ3n) is 6.13. The number of nitrogens with one attached hydrogen (secondary N) is 1. The smallest absolute Gasteiger partial charge is 0.256 e. The van der Waals surface area contributed by atoms with Crippen LogP contribution in [0.3, 0.4) is 0 Å². The minimum absolute atomic E-state index is 0.0308. The summed E-state index contributed by atoms with van der Waals surface area (Å²) in [5, 5.41) is 4.90. The molecular weight excluding hydrogens is 431 g/mol. The number of para-hydroxylation sites is 2. The van der Waals surface area contributed by atoms with E-state index in [4.69, 9.17) is 4.74 Å². The van der Waals surface area contributed by atoms with Gasteiger partial charge in [0.2, 0.25) is 0 Å². The molecule has 4 aromatic rings. The van der Waals surface area contributed by atoms with Crippen molar-refractivity contribution in [3.8, 4) is 5.75 Å². The van der Waals surface area contributed by atoms with Gasteiger partial charge in [0.25, 0.3) is 5.91 Å². The number of methoxy groups -OCH3 is 1. The largest absolute Gasteiger partial charge is 0.495 e. The fourth-order valence-electron chi connectivity index (χ4n) is 4.34. The zero-order chi connectivity index (χ0) is 23.5. The fraction of sp³-hybridized carbons (Fsp3) is 0.185. The Labute approximate surface area is 197 Å². The van der Waals surface area contributed by atoms with Crippen molar-refractivity contribution in [3.05, 3.63) is 90.4 Å². The molecule has 1 aliphatic heterocycles. The van der Waals surface area contributed by atoms with Gasteiger partial charge in [0.05, 0.1) is 18.4 Å². The van der Waals surface area contributed by atoms with Crippen molar-refractivity contribution in [2.75, 3.05) is 43.5 Å². The van der Waals surface area contributed by atoms with Crippen LogP contribution < -0.4 is 15.0 Å². The molecule has 1 saturated heterocycles. The predicted octanol–water partition coefficient (Wildman–Crippen LogP) is 5.09. The van der Waals surface area contributed by atoms with Gasteiger partial charge in [0.15, 0.2) is 0 Å². The van der Waals surface area contributed by atoms with Crippen LogP contribution in [-0.2, 0) is 0 Å². The summed E-state index contributed by atoms with van der Waals surface area (Å²) in [7, 11) is 1.67. The quantitative estimate of drug-likeness (QED) is 0.453. The third-order valence-corrected chi connectivity index (χ3v) is 6.13. The second-order valence-electron chi connectivity index (χ2n) is 8.15. The first-order valence-corrected chi connectivity index (χ1v) is 11.2. The maximum Gasteiger partial charge on any atom is 0.256 e. The molecule has 0 unspecified atom stereocenters. The lowest BCUT2D eigenvalue weighted by Gasteiger charge is -2.36. The average Bonchev–Trinajstić information content (AvgIpc) is 2.90. The van der Waals surface area contributed by atoms with Gasteiger partial charge in [-0.2, -0.15) is 0 Å². The molecule has 0 atom stereocenters. The number of benzene rings is 3. The van der Waals surface area contributed by atoms with Crippen molar-refractivity contribution in [1.29, 1.82) is 0 Å². The maximum absolute atomic E-state index is 13.5. The molecule has 0 bridgehead atoms. The SMILES string of the molecule is COc1ccccc1N1CCN(C(=O)c2cnc(Nc3ccc(F)cc3)c3ccccc23)CC1. The van der Waals surface area contributed by atoms with E-state index < -0.39 is 0 Å². The van der Waals surface area contributed by atoms with Crippen molar-refractivity contribution < 1.29 is 13.9 Å². The normalized spacial score (nSPS) is 13.7. The lowest BCUT2D eigenvalue weighted by Crippen LogP contribution is -2.49. The number of aromatic nitrogens is 1. The predicted molar refractivity (Wildman–Crippen MR) is 133 cm³/mol. The van der Waals surface area contributed by atoms with Crippen LogP contribution in [-0.4, -0.2) is 49.1 Å². The summed E-state index contributed by atoms with van der Waals surface area (Å²) in [6.45, 7) is 2.67. The molecule has 1 N–H and O–H groups in total. The van der Waals surface area contributed by atoms with Gasteiger partial charge in [-0.3, -0.25) is 4.79 Å². The van der Waals surface area contributed by atoms with E-state index >= 15 is 0 Å². The topological polar surface area (TPSA) is 57.7 Å². The zero-order valence-electron chi connectivity index (χ0n) is 18.9. The standard InChI is InChI=1S/C27H25FN4O2/c1-34-25-9-5-4-8-24(25)31-14-16-32(17-15-31)27(33)23-18-29-26(22-7-3-2-6-21(22)23)30-20-12-10-19(28)11-13-20/h2-13,18H,14-17H2,1H3,(H,29,30). The van der Waals surface area contributed by atoms with Crippen LogP contribution in [0.15, 0.2) is 79.0 Å². The summed E-state index contributed by atoms with van der Waals surface area (Å²) < 4.78 is 18.8. The number of hydrogen-bond donors (Lipinski definition) is 1. The van der Waals surface area contributed by atoms with E-state index in [1.165, 1.54) is 12.1 Å². The van der Waals surface area contributed by atoms with Gasteiger partial charge < -0.3 is 19.9 Å². The number of carbonyl (C=O) groups is 1. The van der Waals surface area contributed by atoms with E-state index in [0.717, 1.165) is 41.0 Å². The molecule has 1 aliphatic rings. The number of anilines is 3. The highest BCUT2D eigenvalue weighted by Crippen LogP contribution is 2.30. The number of amides is 1. The minimum Gasteiger partial charge on any atom is -0.495 e. The Hall–Kier alpha value is -4.13. The molecular formula is C27H25FN4O2. The van der Waals surface area contributed by atoms with Gasteiger partial charge in [-0.15, -0.1) is 0 Å². The molecule has 7 heteroatoms. The van der Waals surface area contributed by atoms with Gasteiger partial charge in [0.1, 0.15) is 17.4 Å². The summed E-state index contributed by atoms with van der Waals surface area (Å²) in [6.07, 6.45) is 1.63. The maximum atomic E-state index is 13.5. The summed E-state index contributed by atoms with van der Waals surface area (Å²) in [6, 6.07) is 21.8.